The Morgan fingerprint density at radius 1 is 0.909 bits per heavy atom. The van der Waals surface area contributed by atoms with Gasteiger partial charge in [0.2, 0.25) is 0 Å². The number of anilines is 1. The molecule has 1 aromatic rings. The fraction of sp³-hybridized carbons (Fsp3) is 0. The van der Waals surface area contributed by atoms with Crippen LogP contribution in [0.4, 0.5) is 10.1 Å². The first-order valence-corrected chi connectivity index (χ1v) is 7.02. The number of nitrogens with one attached hydrogen (secondary N) is 1. The molecule has 2 aliphatic carbocycles. The molecule has 1 amide bonds. The summed E-state index contributed by atoms with van der Waals surface area (Å²) in [5.41, 5.74) is 4.94. The Morgan fingerprint density at radius 2 is 1.64 bits per heavy atom. The zero-order valence-corrected chi connectivity index (χ0v) is 11.6. The third-order valence-electron chi connectivity index (χ3n) is 3.87. The zero-order valence-electron chi connectivity index (χ0n) is 11.6. The average Bonchev–Trinajstić information content (AvgIpc) is 3.01. The van der Waals surface area contributed by atoms with Gasteiger partial charge in [0.25, 0.3) is 5.91 Å². The Morgan fingerprint density at radius 3 is 2.36 bits per heavy atom. The van der Waals surface area contributed by atoms with Crippen LogP contribution in [0.3, 0.4) is 0 Å². The quantitative estimate of drug-likeness (QED) is 0.660. The molecule has 0 bridgehead atoms. The summed E-state index contributed by atoms with van der Waals surface area (Å²) in [6.07, 6.45) is 1.79. The van der Waals surface area contributed by atoms with Gasteiger partial charge in [-0.3, -0.25) is 4.79 Å². The maximum Gasteiger partial charge on any atom is 0.256 e. The number of rotatable bonds is 1. The number of carbonyl (C=O) groups excluding carboxylic acids is 1. The Kier molecular flexibility index (Phi) is 2.79. The van der Waals surface area contributed by atoms with Gasteiger partial charge >= 0.3 is 0 Å². The molecule has 0 unspecified atom stereocenters. The maximum absolute atomic E-state index is 13.4. The van der Waals surface area contributed by atoms with Crippen LogP contribution >= 0.6 is 0 Å². The van der Waals surface area contributed by atoms with Crippen molar-refractivity contribution in [3.05, 3.63) is 77.6 Å². The summed E-state index contributed by atoms with van der Waals surface area (Å²) in [5, 5.41) is 2.76. The van der Waals surface area contributed by atoms with E-state index in [4.69, 9.17) is 0 Å². The second-order valence-electron chi connectivity index (χ2n) is 5.31. The van der Waals surface area contributed by atoms with Crippen LogP contribution in [0.1, 0.15) is 11.1 Å². The second-order valence-corrected chi connectivity index (χ2v) is 5.31. The van der Waals surface area contributed by atoms with Crippen molar-refractivity contribution in [3.8, 4) is 11.1 Å². The van der Waals surface area contributed by atoms with Crippen molar-refractivity contribution < 1.29 is 9.18 Å². The van der Waals surface area contributed by atoms with Gasteiger partial charge in [0, 0.05) is 16.8 Å². The third-order valence-corrected chi connectivity index (χ3v) is 3.87. The highest BCUT2D eigenvalue weighted by molar-refractivity contribution is 6.34. The van der Waals surface area contributed by atoms with E-state index in [9.17, 15) is 9.18 Å². The molecule has 0 saturated heterocycles. The molecule has 0 aromatic heterocycles. The molecule has 4 rings (SSSR count). The second kappa shape index (κ2) is 4.81. The predicted octanol–water partition coefficient (Wildman–Crippen LogP) is 4.42. The van der Waals surface area contributed by atoms with E-state index in [0.29, 0.717) is 16.8 Å². The molecular weight excluding hydrogens is 277 g/mol. The van der Waals surface area contributed by atoms with E-state index in [1.165, 1.54) is 12.1 Å². The van der Waals surface area contributed by atoms with Crippen LogP contribution in [0.2, 0.25) is 0 Å². The molecular formula is C19H12FNO. The first-order chi connectivity index (χ1) is 10.7. The number of fused-ring (bicyclic) bond motifs is 2. The molecule has 2 nitrogen and oxygen atoms in total. The summed E-state index contributed by atoms with van der Waals surface area (Å²) >= 11 is 0. The summed E-state index contributed by atoms with van der Waals surface area (Å²) in [4.78, 5) is 12.1. The number of carbonyl (C=O) groups is 1. The molecule has 22 heavy (non-hydrogen) atoms. The topological polar surface area (TPSA) is 29.1 Å². The van der Waals surface area contributed by atoms with E-state index in [-0.39, 0.29) is 11.7 Å². The van der Waals surface area contributed by atoms with Crippen molar-refractivity contribution in [2.24, 2.45) is 0 Å². The van der Waals surface area contributed by atoms with Crippen molar-refractivity contribution >= 4 is 23.2 Å². The van der Waals surface area contributed by atoms with E-state index in [1.54, 1.807) is 12.1 Å². The van der Waals surface area contributed by atoms with E-state index in [1.807, 2.05) is 42.5 Å². The Bertz CT molecular complexity index is 867. The lowest BCUT2D eigenvalue weighted by molar-refractivity contribution is -0.110. The highest BCUT2D eigenvalue weighted by Crippen LogP contribution is 2.33. The molecule has 0 spiro atoms. The summed E-state index contributed by atoms with van der Waals surface area (Å²) in [6.45, 7) is 0. The minimum atomic E-state index is -0.349. The van der Waals surface area contributed by atoms with Crippen LogP contribution in [-0.4, -0.2) is 5.91 Å². The van der Waals surface area contributed by atoms with Gasteiger partial charge in [-0.25, -0.2) is 4.39 Å². The zero-order chi connectivity index (χ0) is 15.1. The largest absolute Gasteiger partial charge is 0.321 e. The molecule has 1 aromatic carbocycles. The number of halogens is 1. The van der Waals surface area contributed by atoms with Crippen LogP contribution in [0, 0.1) is 5.82 Å². The standard InChI is InChI=1S/C19H12FNO/c20-15-8-9-18-16(11-15)17(19(22)21-18)10-12-4-6-13-2-1-3-14(13)7-5-12/h1-11H,(H,21,22)/b17-10+. The molecule has 0 atom stereocenters. The van der Waals surface area contributed by atoms with Crippen molar-refractivity contribution in [2.45, 2.75) is 0 Å². The van der Waals surface area contributed by atoms with Gasteiger partial charge in [0.15, 0.2) is 0 Å². The number of benzene rings is 1. The molecule has 3 aliphatic rings. The smallest absolute Gasteiger partial charge is 0.256 e. The lowest BCUT2D eigenvalue weighted by atomic mass is 10.0. The van der Waals surface area contributed by atoms with Crippen LogP contribution in [-0.2, 0) is 4.79 Å². The molecule has 0 radical (unpaired) electrons. The van der Waals surface area contributed by atoms with Crippen molar-refractivity contribution in [1.82, 2.24) is 0 Å². The third kappa shape index (κ3) is 2.07. The van der Waals surface area contributed by atoms with Crippen LogP contribution in [0.15, 0.2) is 60.7 Å². The van der Waals surface area contributed by atoms with Crippen LogP contribution in [0.25, 0.3) is 22.8 Å². The Hall–Kier alpha value is -2.94. The highest BCUT2D eigenvalue weighted by atomic mass is 19.1. The lowest BCUT2D eigenvalue weighted by Crippen LogP contribution is -2.03. The number of hydrogen-bond donors (Lipinski definition) is 1. The highest BCUT2D eigenvalue weighted by Gasteiger charge is 2.24. The van der Waals surface area contributed by atoms with Gasteiger partial charge in [0.05, 0.1) is 0 Å². The van der Waals surface area contributed by atoms with Gasteiger partial charge in [0.1, 0.15) is 5.82 Å². The summed E-state index contributed by atoms with van der Waals surface area (Å²) in [5.74, 6) is -0.551. The van der Waals surface area contributed by atoms with E-state index in [2.05, 4.69) is 5.32 Å². The van der Waals surface area contributed by atoms with E-state index in [0.717, 1.165) is 16.7 Å². The fourth-order valence-corrected chi connectivity index (χ4v) is 2.75. The van der Waals surface area contributed by atoms with Crippen LogP contribution in [0.5, 0.6) is 0 Å². The maximum atomic E-state index is 13.4. The van der Waals surface area contributed by atoms with Crippen molar-refractivity contribution in [3.63, 3.8) is 0 Å². The van der Waals surface area contributed by atoms with Gasteiger partial charge in [-0.15, -0.1) is 0 Å². The molecule has 1 aliphatic heterocycles. The number of hydrogen-bond acceptors (Lipinski definition) is 1. The van der Waals surface area contributed by atoms with Crippen molar-refractivity contribution in [1.29, 1.82) is 0 Å². The molecule has 106 valence electrons. The molecule has 0 fully saturated rings. The van der Waals surface area contributed by atoms with Gasteiger partial charge in [-0.2, -0.15) is 0 Å². The summed E-state index contributed by atoms with van der Waals surface area (Å²) in [7, 11) is 0. The first-order valence-electron chi connectivity index (χ1n) is 7.02. The number of amides is 1. The molecule has 1 N–H and O–H groups in total. The monoisotopic (exact) mass is 289 g/mol. The first kappa shape index (κ1) is 12.8. The molecule has 0 saturated carbocycles. The SMILES string of the molecule is O=C1Nc2ccc(F)cc2/C1=C\c1ccc2cccc-2cc1. The normalized spacial score (nSPS) is 15.1. The predicted molar refractivity (Wildman–Crippen MR) is 86.0 cm³/mol. The Labute approximate surface area is 127 Å². The minimum Gasteiger partial charge on any atom is -0.321 e. The van der Waals surface area contributed by atoms with Crippen molar-refractivity contribution in [2.75, 3.05) is 5.32 Å². The molecule has 3 heteroatoms. The van der Waals surface area contributed by atoms with Gasteiger partial charge < -0.3 is 5.32 Å². The molecule has 1 heterocycles. The summed E-state index contributed by atoms with van der Waals surface area (Å²) < 4.78 is 13.4. The fourth-order valence-electron chi connectivity index (χ4n) is 2.75. The average molecular weight is 289 g/mol. The Balaban J connectivity index is 1.83. The van der Waals surface area contributed by atoms with Gasteiger partial charge in [-0.05, 0) is 41.0 Å². The van der Waals surface area contributed by atoms with E-state index >= 15 is 0 Å². The van der Waals surface area contributed by atoms with E-state index < -0.39 is 0 Å². The van der Waals surface area contributed by atoms with Crippen LogP contribution < -0.4 is 5.32 Å². The van der Waals surface area contributed by atoms with Gasteiger partial charge in [-0.1, -0.05) is 42.5 Å². The summed E-state index contributed by atoms with van der Waals surface area (Å²) in [6, 6.07) is 18.4. The minimum absolute atomic E-state index is 0.203. The lowest BCUT2D eigenvalue weighted by Gasteiger charge is -1.98.